The quantitative estimate of drug-likeness (QED) is 0.0403. The molecule has 0 aliphatic carbocycles. The average Bonchev–Trinajstić information content (AvgIpc) is 0.869. The Hall–Kier alpha value is -0.716. The van der Waals surface area contributed by atoms with Gasteiger partial charge < -0.3 is 182 Å². The van der Waals surface area contributed by atoms with Crippen molar-refractivity contribution in [2.24, 2.45) is 17.8 Å². The molecule has 0 rings (SSSR count). The third-order valence-electron chi connectivity index (χ3n) is 15.0. The second kappa shape index (κ2) is 127. The molecule has 52 heteroatoms. The molecule has 0 saturated carbocycles. The van der Waals surface area contributed by atoms with Crippen molar-refractivity contribution in [3.63, 3.8) is 0 Å². The van der Waals surface area contributed by atoms with Gasteiger partial charge in [0.05, 0.1) is 0 Å². The van der Waals surface area contributed by atoms with Gasteiger partial charge in [-0.05, 0) is 221 Å². The Morgan fingerprint density at radius 1 is 0.176 bits per heavy atom. The number of hydrogen-bond acceptors (Lipinski definition) is 39. The molecule has 0 spiro atoms. The molecule has 142 heavy (non-hydrogen) atoms. The Labute approximate surface area is 877 Å². The summed E-state index contributed by atoms with van der Waals surface area (Å²) < 4.78 is 198. The lowest BCUT2D eigenvalue weighted by Gasteiger charge is -2.33. The van der Waals surface area contributed by atoms with E-state index in [1.165, 1.54) is 128 Å². The van der Waals surface area contributed by atoms with Crippen molar-refractivity contribution in [1.29, 1.82) is 0 Å². The van der Waals surface area contributed by atoms with Crippen molar-refractivity contribution in [3.05, 3.63) is 0 Å². The lowest BCUT2D eigenvalue weighted by molar-refractivity contribution is -0.0504. The van der Waals surface area contributed by atoms with Crippen molar-refractivity contribution in [2.75, 3.05) is 207 Å². The van der Waals surface area contributed by atoms with Crippen LogP contribution < -0.4 is 0 Å². The van der Waals surface area contributed by atoms with Crippen LogP contribution in [0.1, 0.15) is 326 Å². The standard InChI is InChI=1S/4C12H27BO3.2C9H21BO3.C6H15BO3.6C3H9BO3/c1-10(2)7-14-13(15-8-11(3)4)16-9-12(5)6;1-10(2,3)14-13(15-11(4,5)6)16-12(7,8)9;1-7-10(4)14-13(15-11(5)8-2)16-12(6)9-3;1-4-7-10-14-13(15-11-8-5-2)16-12-9-6-3;1-7(2)11-10(12-8(3)4)13-9(5)6;1-4-7-11-10(12-8-5-2)13-9-6-3;1-4-8-7(9-5-2)10-6-3;6*1-5-4(6-2)7-3/h10-12H,7-9H2,1-6H3;1-9H3;10-12H,7-9H2,1-6H3;4-12H2,1-3H3;7-9H,1-6H3;4-9H2,1-3H3;4-6H2,1-3H3;6*1-3H3. The number of hydrogen-bond donors (Lipinski definition) is 0. The highest BCUT2D eigenvalue weighted by molar-refractivity contribution is 6.40. The van der Waals surface area contributed by atoms with Gasteiger partial charge in [0.25, 0.3) is 0 Å². The molecule has 0 radical (unpaired) electrons. The first-order chi connectivity index (χ1) is 66.8. The molecule has 0 bridgehead atoms. The van der Waals surface area contributed by atoms with E-state index in [0.717, 1.165) is 96.9 Å². The maximum Gasteiger partial charge on any atom is 0.640 e. The predicted molar refractivity (Wildman–Crippen MR) is 583 cm³/mol. The van der Waals surface area contributed by atoms with Crippen LogP contribution >= 0.6 is 0 Å². The summed E-state index contributed by atoms with van der Waals surface area (Å²) in [5, 5.41) is 0. The van der Waals surface area contributed by atoms with E-state index in [1.54, 1.807) is 0 Å². The van der Waals surface area contributed by atoms with Gasteiger partial charge >= 0.3 is 95.2 Å². The normalized spacial score (nSPS) is 11.4. The van der Waals surface area contributed by atoms with Gasteiger partial charge in [-0.3, -0.25) is 0 Å². The fraction of sp³-hybridized carbons (Fsp3) is 1.00. The van der Waals surface area contributed by atoms with Crippen LogP contribution in [-0.4, -0.2) is 356 Å². The smallest absolute Gasteiger partial charge is 0.389 e. The fourth-order valence-corrected chi connectivity index (χ4v) is 7.80. The highest BCUT2D eigenvalue weighted by Gasteiger charge is 2.37. The lowest BCUT2D eigenvalue weighted by Crippen LogP contribution is -2.44. The Kier molecular flexibility index (Phi) is 151. The zero-order valence-corrected chi connectivity index (χ0v) is 101. The van der Waals surface area contributed by atoms with E-state index in [4.69, 9.17) is 97.7 Å². The predicted octanol–water partition coefficient (Wildman–Crippen LogP) is 18.3. The minimum atomic E-state index is -0.639. The molecule has 0 aromatic heterocycles. The van der Waals surface area contributed by atoms with Crippen molar-refractivity contribution in [3.8, 4) is 0 Å². The zero-order chi connectivity index (χ0) is 113. The summed E-state index contributed by atoms with van der Waals surface area (Å²) >= 11 is 0. The highest BCUT2D eigenvalue weighted by Crippen LogP contribution is 2.21. The van der Waals surface area contributed by atoms with Crippen LogP contribution in [0.25, 0.3) is 0 Å². The molecule has 0 aliphatic rings. The van der Waals surface area contributed by atoms with Crippen LogP contribution in [0.4, 0.5) is 0 Å². The lowest BCUT2D eigenvalue weighted by atomic mass is 10.0. The zero-order valence-electron chi connectivity index (χ0n) is 101. The molecule has 39 nitrogen and oxygen atoms in total. The largest absolute Gasteiger partial charge is 0.640 e. The molecule has 0 N–H and O–H groups in total. The molecular formula is C90H219B13O39. The average molecular weight is 2070 g/mol. The molecule has 0 saturated heterocycles. The van der Waals surface area contributed by atoms with Crippen molar-refractivity contribution in [2.45, 2.75) is 380 Å². The van der Waals surface area contributed by atoms with Gasteiger partial charge in [0.2, 0.25) is 0 Å². The van der Waals surface area contributed by atoms with Gasteiger partial charge in [-0.25, -0.2) is 0 Å². The first-order valence-corrected chi connectivity index (χ1v) is 50.6. The van der Waals surface area contributed by atoms with Crippen LogP contribution in [0.15, 0.2) is 0 Å². The van der Waals surface area contributed by atoms with E-state index in [9.17, 15) is 0 Å². The van der Waals surface area contributed by atoms with Crippen LogP contribution in [0.3, 0.4) is 0 Å². The third kappa shape index (κ3) is 155. The molecule has 852 valence electrons. The van der Waals surface area contributed by atoms with Crippen molar-refractivity contribution < 1.29 is 182 Å². The Morgan fingerprint density at radius 3 is 0.465 bits per heavy atom. The first-order valence-electron chi connectivity index (χ1n) is 50.6. The summed E-state index contributed by atoms with van der Waals surface area (Å²) in [6.45, 7) is 81.1. The van der Waals surface area contributed by atoms with Crippen LogP contribution in [-0.2, 0) is 182 Å². The van der Waals surface area contributed by atoms with Gasteiger partial charge in [0.1, 0.15) is 0 Å². The van der Waals surface area contributed by atoms with Crippen LogP contribution in [0.5, 0.6) is 0 Å². The molecular weight excluding hydrogens is 1850 g/mol. The van der Waals surface area contributed by atoms with E-state index in [1.807, 2.05) is 145 Å². The number of rotatable bonds is 72. The van der Waals surface area contributed by atoms with Gasteiger partial charge in [0, 0.05) is 261 Å². The third-order valence-corrected chi connectivity index (χ3v) is 15.0. The summed E-state index contributed by atoms with van der Waals surface area (Å²) in [7, 11) is 20.5. The second-order valence-electron chi connectivity index (χ2n) is 35.1. The Bertz CT molecular complexity index is 1930. The van der Waals surface area contributed by atoms with Crippen molar-refractivity contribution in [1.82, 2.24) is 0 Å². The van der Waals surface area contributed by atoms with E-state index in [2.05, 4.69) is 188 Å². The van der Waals surface area contributed by atoms with Gasteiger partial charge in [-0.2, -0.15) is 0 Å². The Morgan fingerprint density at radius 2 is 0.338 bits per heavy atom. The van der Waals surface area contributed by atoms with E-state index >= 15 is 0 Å². The second-order valence-corrected chi connectivity index (χ2v) is 35.1. The monoisotopic (exact) mass is 2070 g/mol. The Balaban J connectivity index is -0.000000117. The SMILES string of the molecule is CC(C)(C)OB(OC(C)(C)C)OC(C)(C)C.CC(C)COB(OCC(C)C)OCC(C)C.CC(C)OB(OC(C)C)OC(C)C.CCC(C)OB(OC(C)CC)OC(C)CC.CCCCOB(OCCCC)OCCCC.CCCOB(OCCC)OCCC.CCOB(OCC)OCC.COB(OC)OC.COB(OC)OC.COB(OC)OC.COB(OC)OC.COB(OC)OC.COB(OC)OC. The molecule has 0 amide bonds. The summed E-state index contributed by atoms with van der Waals surface area (Å²) in [6, 6.07) is 0. The van der Waals surface area contributed by atoms with E-state index in [0.29, 0.717) is 77.2 Å². The molecule has 0 heterocycles. The van der Waals surface area contributed by atoms with E-state index in [-0.39, 0.29) is 53.4 Å². The molecule has 0 fully saturated rings. The van der Waals surface area contributed by atoms with Crippen LogP contribution in [0.2, 0.25) is 0 Å². The van der Waals surface area contributed by atoms with Crippen LogP contribution in [0, 0.1) is 17.8 Å². The summed E-state index contributed by atoms with van der Waals surface area (Å²) in [6.07, 6.45) is 13.3. The maximum atomic E-state index is 5.75. The molecule has 3 unspecified atom stereocenters. The highest BCUT2D eigenvalue weighted by atomic mass is 16.8. The van der Waals surface area contributed by atoms with Gasteiger partial charge in [0.15, 0.2) is 0 Å². The number of unbranched alkanes of at least 4 members (excludes halogenated alkanes) is 3. The minimum Gasteiger partial charge on any atom is -0.389 e. The fourth-order valence-electron chi connectivity index (χ4n) is 7.80. The summed E-state index contributed by atoms with van der Waals surface area (Å²) in [4.78, 5) is 0. The first kappa shape index (κ1) is 169. The molecule has 0 aromatic rings. The van der Waals surface area contributed by atoms with Gasteiger partial charge in [-0.1, -0.05) is 123 Å². The molecule has 0 aliphatic heterocycles. The van der Waals surface area contributed by atoms with Crippen molar-refractivity contribution >= 4 is 95.2 Å². The topological polar surface area (TPSA) is 360 Å². The van der Waals surface area contributed by atoms with E-state index < -0.39 is 95.2 Å². The molecule has 3 atom stereocenters. The summed E-state index contributed by atoms with van der Waals surface area (Å²) in [5.41, 5.74) is -0.872. The minimum absolute atomic E-state index is 0.113. The van der Waals surface area contributed by atoms with Gasteiger partial charge in [-0.15, -0.1) is 0 Å². The summed E-state index contributed by atoms with van der Waals surface area (Å²) in [5.74, 6) is 1.48. The molecule has 0 aromatic carbocycles. The maximum absolute atomic E-state index is 5.75.